The lowest BCUT2D eigenvalue weighted by Crippen LogP contribution is -2.37. The van der Waals surface area contributed by atoms with Crippen molar-refractivity contribution in [2.75, 3.05) is 0 Å². The Balaban J connectivity index is 1.77. The Bertz CT molecular complexity index is 299. The third kappa shape index (κ3) is 2.54. The Morgan fingerprint density at radius 1 is 1.25 bits per heavy atom. The van der Waals surface area contributed by atoms with Crippen molar-refractivity contribution in [3.8, 4) is 0 Å². The van der Waals surface area contributed by atoms with E-state index in [1.165, 1.54) is 0 Å². The first kappa shape index (κ1) is 11.4. The van der Waals surface area contributed by atoms with Gasteiger partial charge in [0.25, 0.3) is 0 Å². The molecule has 2 fully saturated rings. The number of aliphatic carboxylic acids is 1. The van der Waals surface area contributed by atoms with Crippen LogP contribution in [0.25, 0.3) is 0 Å². The highest BCUT2D eigenvalue weighted by Gasteiger charge is 2.35. The van der Waals surface area contributed by atoms with E-state index in [1.54, 1.807) is 0 Å². The molecule has 0 saturated heterocycles. The van der Waals surface area contributed by atoms with E-state index in [-0.39, 0.29) is 23.8 Å². The standard InChI is InChI=1S/C12H19NO3/c1-7(8-2-3-8)11(14)13-10-5-4-9(6-10)12(15)16/h7-10H,2-6H2,1H3,(H,13,14)(H,15,16)/t7?,9-,10+/m0/s1. The highest BCUT2D eigenvalue weighted by Crippen LogP contribution is 2.37. The van der Waals surface area contributed by atoms with Gasteiger partial charge in [-0.1, -0.05) is 6.92 Å². The summed E-state index contributed by atoms with van der Waals surface area (Å²) in [4.78, 5) is 22.6. The SMILES string of the molecule is CC(C(=O)N[C@@H]1CC[C@H](C(=O)O)C1)C1CC1. The van der Waals surface area contributed by atoms with Gasteiger partial charge >= 0.3 is 5.97 Å². The van der Waals surface area contributed by atoms with E-state index >= 15 is 0 Å². The predicted molar refractivity (Wildman–Crippen MR) is 58.8 cm³/mol. The van der Waals surface area contributed by atoms with Crippen LogP contribution >= 0.6 is 0 Å². The Kier molecular flexibility index (Phi) is 3.17. The monoisotopic (exact) mass is 225 g/mol. The molecule has 0 bridgehead atoms. The zero-order valence-electron chi connectivity index (χ0n) is 9.61. The molecule has 0 spiro atoms. The van der Waals surface area contributed by atoms with Crippen molar-refractivity contribution in [2.24, 2.45) is 17.8 Å². The normalized spacial score (nSPS) is 31.1. The summed E-state index contributed by atoms with van der Waals surface area (Å²) in [6.07, 6.45) is 4.42. The van der Waals surface area contributed by atoms with Gasteiger partial charge in [0.05, 0.1) is 5.92 Å². The smallest absolute Gasteiger partial charge is 0.306 e. The van der Waals surface area contributed by atoms with Crippen LogP contribution in [-0.2, 0) is 9.59 Å². The molecule has 2 N–H and O–H groups in total. The Morgan fingerprint density at radius 3 is 2.44 bits per heavy atom. The van der Waals surface area contributed by atoms with Crippen LogP contribution in [0.1, 0.15) is 39.0 Å². The summed E-state index contributed by atoms with van der Waals surface area (Å²) in [5.74, 6) is -0.215. The molecule has 0 aromatic carbocycles. The van der Waals surface area contributed by atoms with E-state index in [0.717, 1.165) is 19.3 Å². The number of carbonyl (C=O) groups is 2. The minimum Gasteiger partial charge on any atom is -0.481 e. The van der Waals surface area contributed by atoms with E-state index in [9.17, 15) is 9.59 Å². The maximum Gasteiger partial charge on any atom is 0.306 e. The summed E-state index contributed by atoms with van der Waals surface area (Å²) in [6, 6.07) is 0.0785. The molecule has 2 aliphatic carbocycles. The number of rotatable bonds is 4. The van der Waals surface area contributed by atoms with Crippen molar-refractivity contribution < 1.29 is 14.7 Å². The second kappa shape index (κ2) is 4.44. The Labute approximate surface area is 95.4 Å². The van der Waals surface area contributed by atoms with Gasteiger partial charge in [-0.25, -0.2) is 0 Å². The van der Waals surface area contributed by atoms with E-state index < -0.39 is 5.97 Å². The molecule has 16 heavy (non-hydrogen) atoms. The van der Waals surface area contributed by atoms with E-state index in [2.05, 4.69) is 5.32 Å². The summed E-state index contributed by atoms with van der Waals surface area (Å²) in [5, 5.41) is 11.8. The molecule has 0 aromatic rings. The number of hydrogen-bond donors (Lipinski definition) is 2. The van der Waals surface area contributed by atoms with Crippen molar-refractivity contribution in [3.63, 3.8) is 0 Å². The average Bonchev–Trinajstić information content (AvgIpc) is 2.97. The second-order valence-electron chi connectivity index (χ2n) is 5.18. The molecule has 2 saturated carbocycles. The van der Waals surface area contributed by atoms with Crippen molar-refractivity contribution in [2.45, 2.75) is 45.1 Å². The van der Waals surface area contributed by atoms with Crippen LogP contribution in [0.3, 0.4) is 0 Å². The maximum absolute atomic E-state index is 11.8. The zero-order chi connectivity index (χ0) is 11.7. The third-order valence-corrected chi connectivity index (χ3v) is 3.87. The maximum atomic E-state index is 11.8. The lowest BCUT2D eigenvalue weighted by atomic mass is 10.0. The summed E-state index contributed by atoms with van der Waals surface area (Å²) in [7, 11) is 0. The molecular weight excluding hydrogens is 206 g/mol. The molecular formula is C12H19NO3. The number of carboxylic acid groups (broad SMARTS) is 1. The quantitative estimate of drug-likeness (QED) is 0.760. The number of hydrogen-bond acceptors (Lipinski definition) is 2. The number of amides is 1. The summed E-state index contributed by atoms with van der Waals surface area (Å²) < 4.78 is 0. The van der Waals surface area contributed by atoms with Crippen molar-refractivity contribution >= 4 is 11.9 Å². The van der Waals surface area contributed by atoms with E-state index in [1.807, 2.05) is 6.92 Å². The molecule has 0 radical (unpaired) electrons. The van der Waals surface area contributed by atoms with Gasteiger partial charge in [0, 0.05) is 12.0 Å². The van der Waals surface area contributed by atoms with Gasteiger partial charge in [0.2, 0.25) is 5.91 Å². The van der Waals surface area contributed by atoms with Gasteiger partial charge < -0.3 is 10.4 Å². The van der Waals surface area contributed by atoms with Crippen molar-refractivity contribution in [1.82, 2.24) is 5.32 Å². The summed E-state index contributed by atoms with van der Waals surface area (Å²) >= 11 is 0. The van der Waals surface area contributed by atoms with Gasteiger partial charge in [-0.05, 0) is 38.0 Å². The molecule has 90 valence electrons. The van der Waals surface area contributed by atoms with Crippen molar-refractivity contribution in [1.29, 1.82) is 0 Å². The molecule has 0 heterocycles. The number of nitrogens with one attached hydrogen (secondary N) is 1. The molecule has 1 amide bonds. The fourth-order valence-electron chi connectivity index (χ4n) is 2.48. The first-order chi connectivity index (χ1) is 7.58. The van der Waals surface area contributed by atoms with Crippen LogP contribution in [-0.4, -0.2) is 23.0 Å². The first-order valence-electron chi connectivity index (χ1n) is 6.11. The third-order valence-electron chi connectivity index (χ3n) is 3.87. The minimum atomic E-state index is -0.730. The number of carbonyl (C=O) groups excluding carboxylic acids is 1. The van der Waals surface area contributed by atoms with Gasteiger partial charge in [0.1, 0.15) is 0 Å². The van der Waals surface area contributed by atoms with Crippen LogP contribution in [0.4, 0.5) is 0 Å². The Hall–Kier alpha value is -1.06. The molecule has 1 unspecified atom stereocenters. The van der Waals surface area contributed by atoms with Gasteiger partial charge in [-0.15, -0.1) is 0 Å². The van der Waals surface area contributed by atoms with Crippen molar-refractivity contribution in [3.05, 3.63) is 0 Å². The van der Waals surface area contributed by atoms with E-state index in [4.69, 9.17) is 5.11 Å². The van der Waals surface area contributed by atoms with Crippen LogP contribution in [0.2, 0.25) is 0 Å². The molecule has 4 nitrogen and oxygen atoms in total. The average molecular weight is 225 g/mol. The number of carboxylic acids is 1. The summed E-state index contributed by atoms with van der Waals surface area (Å²) in [6.45, 7) is 1.97. The van der Waals surface area contributed by atoms with Gasteiger partial charge in [-0.2, -0.15) is 0 Å². The topological polar surface area (TPSA) is 66.4 Å². The van der Waals surface area contributed by atoms with Crippen LogP contribution in [0.15, 0.2) is 0 Å². The lowest BCUT2D eigenvalue weighted by molar-refractivity contribution is -0.141. The van der Waals surface area contributed by atoms with Crippen LogP contribution in [0.5, 0.6) is 0 Å². The second-order valence-corrected chi connectivity index (χ2v) is 5.18. The fourth-order valence-corrected chi connectivity index (χ4v) is 2.48. The van der Waals surface area contributed by atoms with Crippen LogP contribution < -0.4 is 5.32 Å². The summed E-state index contributed by atoms with van der Waals surface area (Å²) in [5.41, 5.74) is 0. The van der Waals surface area contributed by atoms with E-state index in [0.29, 0.717) is 18.8 Å². The molecule has 3 atom stereocenters. The molecule has 0 aromatic heterocycles. The molecule has 2 aliphatic rings. The van der Waals surface area contributed by atoms with Crippen LogP contribution in [0, 0.1) is 17.8 Å². The largest absolute Gasteiger partial charge is 0.481 e. The molecule has 4 heteroatoms. The van der Waals surface area contributed by atoms with Gasteiger partial charge in [-0.3, -0.25) is 9.59 Å². The van der Waals surface area contributed by atoms with Gasteiger partial charge in [0.15, 0.2) is 0 Å². The lowest BCUT2D eigenvalue weighted by Gasteiger charge is -2.16. The zero-order valence-corrected chi connectivity index (χ0v) is 9.61. The highest BCUT2D eigenvalue weighted by molar-refractivity contribution is 5.79. The predicted octanol–water partition coefficient (Wildman–Crippen LogP) is 1.40. The highest BCUT2D eigenvalue weighted by atomic mass is 16.4. The fraction of sp³-hybridized carbons (Fsp3) is 0.833. The molecule has 0 aliphatic heterocycles. The minimum absolute atomic E-state index is 0.0785. The Morgan fingerprint density at radius 2 is 1.94 bits per heavy atom. The first-order valence-corrected chi connectivity index (χ1v) is 6.11. The molecule has 2 rings (SSSR count).